The fourth-order valence-corrected chi connectivity index (χ4v) is 5.61. The molecule has 0 atom stereocenters. The second-order valence-electron chi connectivity index (χ2n) is 7.57. The van der Waals surface area contributed by atoms with Crippen LogP contribution in [0.25, 0.3) is 16.0 Å². The van der Waals surface area contributed by atoms with Gasteiger partial charge in [-0.05, 0) is 23.3 Å². The van der Waals surface area contributed by atoms with Crippen LogP contribution in [0.4, 0.5) is 11.4 Å². The lowest BCUT2D eigenvalue weighted by molar-refractivity contribution is 0.198. The molecule has 3 heterocycles. The number of aromatic nitrogens is 1. The average molecular weight is 433 g/mol. The first kappa shape index (κ1) is 20.0. The number of fused-ring (bicyclic) bond motifs is 1. The lowest BCUT2D eigenvalue weighted by Crippen LogP contribution is -2.45. The predicted octanol–water partition coefficient (Wildman–Crippen LogP) is 2.93. The van der Waals surface area contributed by atoms with Gasteiger partial charge in [-0.2, -0.15) is 0 Å². The molecule has 2 aliphatic rings. The first-order chi connectivity index (χ1) is 13.8. The van der Waals surface area contributed by atoms with Crippen LogP contribution in [0.5, 0.6) is 0 Å². The van der Waals surface area contributed by atoms with Crippen molar-refractivity contribution in [3.05, 3.63) is 52.6 Å². The van der Waals surface area contributed by atoms with Gasteiger partial charge in [0.2, 0.25) is 10.0 Å². The highest BCUT2D eigenvalue weighted by atomic mass is 35.5. The first-order valence-corrected chi connectivity index (χ1v) is 11.3. The van der Waals surface area contributed by atoms with Crippen molar-refractivity contribution in [2.75, 3.05) is 35.9 Å². The molecule has 1 aromatic carbocycles. The van der Waals surface area contributed by atoms with Gasteiger partial charge in [0.25, 0.3) is 5.54 Å². The van der Waals surface area contributed by atoms with Gasteiger partial charge in [-0.15, -0.1) is 0 Å². The lowest BCUT2D eigenvalue weighted by Gasteiger charge is -2.35. The molecule has 29 heavy (non-hydrogen) atoms. The van der Waals surface area contributed by atoms with E-state index in [0.29, 0.717) is 36.6 Å². The molecule has 152 valence electrons. The number of hydrogen-bond donors (Lipinski definition) is 1. The van der Waals surface area contributed by atoms with Gasteiger partial charge < -0.3 is 14.9 Å². The fourth-order valence-electron chi connectivity index (χ4n) is 4.03. The van der Waals surface area contributed by atoms with E-state index in [1.807, 2.05) is 18.2 Å². The Kier molecular flexibility index (Phi) is 4.93. The molecule has 0 bridgehead atoms. The summed E-state index contributed by atoms with van der Waals surface area (Å²) in [7, 11) is -1.75. The Hall–Kier alpha value is -2.34. The van der Waals surface area contributed by atoms with Gasteiger partial charge in [-0.1, -0.05) is 17.7 Å². The zero-order chi connectivity index (χ0) is 20.8. The van der Waals surface area contributed by atoms with Gasteiger partial charge >= 0.3 is 0 Å². The summed E-state index contributed by atoms with van der Waals surface area (Å²) in [6, 6.07) is 5.58. The van der Waals surface area contributed by atoms with Gasteiger partial charge in [0.15, 0.2) is 0 Å². The number of anilines is 2. The zero-order valence-corrected chi connectivity index (χ0v) is 17.5. The normalized spacial score (nSPS) is 19.7. The van der Waals surface area contributed by atoms with E-state index in [0.717, 1.165) is 22.4 Å². The molecule has 0 saturated carbocycles. The highest BCUT2D eigenvalue weighted by molar-refractivity contribution is 7.92. The molecule has 0 unspecified atom stereocenters. The van der Waals surface area contributed by atoms with Gasteiger partial charge in [0.1, 0.15) is 6.61 Å². The van der Waals surface area contributed by atoms with Crippen molar-refractivity contribution in [1.82, 2.24) is 4.98 Å². The SMILES string of the molecule is [C-]#[N+]C1(CO)CCN(c2c(Cl)cncc2-c2ccc3c(c2)CS(=O)(=O)N3C)CC1. The summed E-state index contributed by atoms with van der Waals surface area (Å²) in [5.74, 6) is -0.0241. The van der Waals surface area contributed by atoms with E-state index in [2.05, 4.69) is 14.7 Å². The Morgan fingerprint density at radius 2 is 2.03 bits per heavy atom. The van der Waals surface area contributed by atoms with Crippen molar-refractivity contribution < 1.29 is 13.5 Å². The number of sulfonamides is 1. The van der Waals surface area contributed by atoms with E-state index in [1.54, 1.807) is 19.4 Å². The van der Waals surface area contributed by atoms with Gasteiger partial charge in [0.05, 0.1) is 22.2 Å². The highest BCUT2D eigenvalue weighted by Crippen LogP contribution is 2.42. The van der Waals surface area contributed by atoms with Crippen molar-refractivity contribution in [3.8, 4) is 11.1 Å². The fraction of sp³-hybridized carbons (Fsp3) is 0.400. The van der Waals surface area contributed by atoms with Crippen LogP contribution in [-0.4, -0.2) is 50.8 Å². The molecule has 0 spiro atoms. The Balaban J connectivity index is 1.72. The van der Waals surface area contributed by atoms with Gasteiger partial charge in [0, 0.05) is 50.9 Å². The molecule has 2 aromatic rings. The number of halogens is 1. The Morgan fingerprint density at radius 1 is 1.31 bits per heavy atom. The Bertz CT molecular complexity index is 1110. The van der Waals surface area contributed by atoms with Crippen molar-refractivity contribution in [2.45, 2.75) is 24.1 Å². The molecule has 0 amide bonds. The molecule has 1 fully saturated rings. The summed E-state index contributed by atoms with van der Waals surface area (Å²) < 4.78 is 25.7. The number of aliphatic hydroxyl groups excluding tert-OH is 1. The average Bonchev–Trinajstić information content (AvgIpc) is 2.96. The summed E-state index contributed by atoms with van der Waals surface area (Å²) in [4.78, 5) is 10.0. The third kappa shape index (κ3) is 3.33. The first-order valence-electron chi connectivity index (χ1n) is 9.28. The van der Waals surface area contributed by atoms with E-state index in [9.17, 15) is 13.5 Å². The minimum Gasteiger partial charge on any atom is -0.388 e. The number of rotatable bonds is 3. The van der Waals surface area contributed by atoms with E-state index < -0.39 is 15.6 Å². The number of hydrogen-bond acceptors (Lipinski definition) is 5. The monoisotopic (exact) mass is 432 g/mol. The molecule has 1 aromatic heterocycles. The summed E-state index contributed by atoms with van der Waals surface area (Å²) in [5.41, 5.74) is 3.22. The molecule has 9 heteroatoms. The minimum absolute atomic E-state index is 0.0241. The third-order valence-electron chi connectivity index (χ3n) is 5.90. The maximum absolute atomic E-state index is 12.2. The second-order valence-corrected chi connectivity index (χ2v) is 9.97. The molecule has 0 radical (unpaired) electrons. The molecular formula is C20H21ClN4O3S. The Morgan fingerprint density at radius 3 is 2.69 bits per heavy atom. The smallest absolute Gasteiger partial charge is 0.258 e. The summed E-state index contributed by atoms with van der Waals surface area (Å²) >= 11 is 6.52. The Labute approximate surface area is 175 Å². The quantitative estimate of drug-likeness (QED) is 0.754. The van der Waals surface area contributed by atoms with E-state index in [4.69, 9.17) is 18.2 Å². The van der Waals surface area contributed by atoms with Crippen molar-refractivity contribution in [1.29, 1.82) is 0 Å². The predicted molar refractivity (Wildman–Crippen MR) is 114 cm³/mol. The molecule has 1 saturated heterocycles. The maximum Gasteiger partial charge on any atom is 0.258 e. The van der Waals surface area contributed by atoms with Crippen LogP contribution in [0.3, 0.4) is 0 Å². The number of benzene rings is 1. The number of pyridine rings is 1. The van der Waals surface area contributed by atoms with Crippen LogP contribution in [0.15, 0.2) is 30.6 Å². The summed E-state index contributed by atoms with van der Waals surface area (Å²) in [6.45, 7) is 8.46. The standard InChI is InChI=1S/C20H21ClN4O3S/c1-22-20(13-26)5-7-25(8-6-20)19-16(10-23-11-17(19)21)14-3-4-18-15(9-14)12-29(27,28)24(18)2/h3-4,9-11,26H,5-8,12-13H2,2H3. The highest BCUT2D eigenvalue weighted by Gasteiger charge is 2.40. The van der Waals surface area contributed by atoms with E-state index in [1.165, 1.54) is 4.31 Å². The molecule has 1 N–H and O–H groups in total. The number of nitrogens with zero attached hydrogens (tertiary/aromatic N) is 4. The summed E-state index contributed by atoms with van der Waals surface area (Å²) in [6.07, 6.45) is 4.43. The van der Waals surface area contributed by atoms with Gasteiger partial charge in [-0.3, -0.25) is 9.29 Å². The largest absolute Gasteiger partial charge is 0.388 e. The summed E-state index contributed by atoms with van der Waals surface area (Å²) in [5, 5.41) is 10.1. The van der Waals surface area contributed by atoms with Crippen LogP contribution in [0.1, 0.15) is 18.4 Å². The third-order valence-corrected chi connectivity index (χ3v) is 7.88. The van der Waals surface area contributed by atoms with Crippen LogP contribution >= 0.6 is 11.6 Å². The van der Waals surface area contributed by atoms with E-state index >= 15 is 0 Å². The molecule has 0 aliphatic carbocycles. The van der Waals surface area contributed by atoms with Gasteiger partial charge in [-0.25, -0.2) is 15.0 Å². The molecule has 7 nitrogen and oxygen atoms in total. The minimum atomic E-state index is -3.31. The molecule has 2 aliphatic heterocycles. The maximum atomic E-state index is 12.2. The van der Waals surface area contributed by atoms with Crippen LogP contribution < -0.4 is 9.21 Å². The van der Waals surface area contributed by atoms with Crippen LogP contribution in [0.2, 0.25) is 5.02 Å². The second kappa shape index (κ2) is 7.17. The van der Waals surface area contributed by atoms with Crippen LogP contribution in [0, 0.1) is 6.57 Å². The van der Waals surface area contributed by atoms with Crippen LogP contribution in [-0.2, 0) is 15.8 Å². The molecule has 4 rings (SSSR count). The lowest BCUT2D eigenvalue weighted by atomic mass is 9.88. The number of aliphatic hydroxyl groups is 1. The zero-order valence-electron chi connectivity index (χ0n) is 16.0. The molecular weight excluding hydrogens is 412 g/mol. The topological polar surface area (TPSA) is 78.1 Å². The van der Waals surface area contributed by atoms with Crippen molar-refractivity contribution in [2.24, 2.45) is 0 Å². The van der Waals surface area contributed by atoms with E-state index in [-0.39, 0.29) is 12.4 Å². The number of piperidine rings is 1. The van der Waals surface area contributed by atoms with Crippen molar-refractivity contribution >= 4 is 33.0 Å². The van der Waals surface area contributed by atoms with Crippen molar-refractivity contribution in [3.63, 3.8) is 0 Å².